The molecule has 0 aliphatic carbocycles. The Balaban J connectivity index is 4.71. The number of hydrogen-bond acceptors (Lipinski definition) is 2. The van der Waals surface area contributed by atoms with Gasteiger partial charge < -0.3 is 4.74 Å². The molecular formula is C10H17F3O2. The van der Waals surface area contributed by atoms with E-state index in [1.165, 1.54) is 20.8 Å². The second kappa shape index (κ2) is 5.37. The van der Waals surface area contributed by atoms with E-state index in [4.69, 9.17) is 0 Å². The van der Waals surface area contributed by atoms with Gasteiger partial charge in [-0.3, -0.25) is 4.79 Å². The lowest BCUT2D eigenvalue weighted by Crippen LogP contribution is -2.37. The molecule has 5 heteroatoms. The first-order chi connectivity index (χ1) is 6.71. The van der Waals surface area contributed by atoms with Crippen molar-refractivity contribution in [3.63, 3.8) is 0 Å². The van der Waals surface area contributed by atoms with Crippen molar-refractivity contribution in [3.8, 4) is 0 Å². The van der Waals surface area contributed by atoms with E-state index in [9.17, 15) is 18.0 Å². The van der Waals surface area contributed by atoms with E-state index < -0.39 is 29.9 Å². The Bertz CT molecular complexity index is 211. The van der Waals surface area contributed by atoms with E-state index >= 15 is 0 Å². The molecule has 0 aromatic carbocycles. The van der Waals surface area contributed by atoms with Gasteiger partial charge in [-0.15, -0.1) is 0 Å². The van der Waals surface area contributed by atoms with E-state index in [2.05, 4.69) is 4.74 Å². The molecule has 0 rings (SSSR count). The number of halogens is 3. The Morgan fingerprint density at radius 2 is 1.73 bits per heavy atom. The summed E-state index contributed by atoms with van der Waals surface area (Å²) in [6, 6.07) is 0. The van der Waals surface area contributed by atoms with E-state index in [-0.39, 0.29) is 6.61 Å². The molecule has 0 unspecified atom stereocenters. The van der Waals surface area contributed by atoms with Gasteiger partial charge >= 0.3 is 12.1 Å². The number of rotatable bonds is 4. The molecule has 2 atom stereocenters. The number of alkyl halides is 3. The van der Waals surface area contributed by atoms with Crippen LogP contribution < -0.4 is 0 Å². The van der Waals surface area contributed by atoms with Crippen molar-refractivity contribution in [2.45, 2.75) is 33.9 Å². The Kier molecular flexibility index (Phi) is 5.11. The molecule has 0 amide bonds. The van der Waals surface area contributed by atoms with Crippen LogP contribution in [0.25, 0.3) is 0 Å². The largest absolute Gasteiger partial charge is 0.466 e. The minimum atomic E-state index is -4.36. The summed E-state index contributed by atoms with van der Waals surface area (Å²) in [7, 11) is 0. The highest BCUT2D eigenvalue weighted by atomic mass is 19.4. The lowest BCUT2D eigenvalue weighted by molar-refractivity contribution is -0.206. The number of ether oxygens (including phenoxy) is 1. The van der Waals surface area contributed by atoms with Crippen LogP contribution in [0.15, 0.2) is 0 Å². The van der Waals surface area contributed by atoms with Crippen molar-refractivity contribution in [1.29, 1.82) is 0 Å². The first kappa shape index (κ1) is 14.3. The molecule has 0 radical (unpaired) electrons. The summed E-state index contributed by atoms with van der Waals surface area (Å²) in [5, 5.41) is 0. The van der Waals surface area contributed by atoms with E-state index in [1.54, 1.807) is 6.92 Å². The van der Waals surface area contributed by atoms with Gasteiger partial charge in [0.2, 0.25) is 0 Å². The molecule has 0 spiro atoms. The van der Waals surface area contributed by atoms with Gasteiger partial charge in [0.05, 0.1) is 18.4 Å². The van der Waals surface area contributed by atoms with Gasteiger partial charge in [-0.05, 0) is 12.8 Å². The molecule has 0 fully saturated rings. The van der Waals surface area contributed by atoms with Gasteiger partial charge in [-0.25, -0.2) is 0 Å². The predicted molar refractivity (Wildman–Crippen MR) is 50.2 cm³/mol. The van der Waals surface area contributed by atoms with E-state index in [0.29, 0.717) is 0 Å². The number of esters is 1. The Morgan fingerprint density at radius 3 is 2.00 bits per heavy atom. The maximum absolute atomic E-state index is 12.6. The fourth-order valence-corrected chi connectivity index (χ4v) is 1.66. The minimum Gasteiger partial charge on any atom is -0.466 e. The van der Waals surface area contributed by atoms with Crippen LogP contribution in [0, 0.1) is 17.8 Å². The molecule has 0 N–H and O–H groups in total. The summed E-state index contributed by atoms with van der Waals surface area (Å²) in [6.45, 7) is 5.84. The van der Waals surface area contributed by atoms with Crippen molar-refractivity contribution < 1.29 is 22.7 Å². The minimum absolute atomic E-state index is 0.103. The second-order valence-electron chi connectivity index (χ2n) is 3.85. The average Bonchev–Trinajstić information content (AvgIpc) is 2.00. The molecule has 0 saturated carbocycles. The van der Waals surface area contributed by atoms with Crippen LogP contribution in [-0.2, 0) is 9.53 Å². The number of hydrogen-bond donors (Lipinski definition) is 0. The van der Waals surface area contributed by atoms with Gasteiger partial charge in [0.25, 0.3) is 0 Å². The van der Waals surface area contributed by atoms with Crippen molar-refractivity contribution in [1.82, 2.24) is 0 Å². The monoisotopic (exact) mass is 226 g/mol. The third-order valence-corrected chi connectivity index (χ3v) is 2.29. The summed E-state index contributed by atoms with van der Waals surface area (Å²) in [4.78, 5) is 11.2. The number of carbonyl (C=O) groups is 1. The molecule has 0 saturated heterocycles. The van der Waals surface area contributed by atoms with Crippen LogP contribution in [0.5, 0.6) is 0 Å². The van der Waals surface area contributed by atoms with Gasteiger partial charge in [0, 0.05) is 0 Å². The van der Waals surface area contributed by atoms with Crippen LogP contribution >= 0.6 is 0 Å². The SMILES string of the molecule is CCOC(=O)[C@@H](C)[C@@H](C(C)C)C(F)(F)F. The molecule has 90 valence electrons. The zero-order chi connectivity index (χ0) is 12.2. The summed E-state index contributed by atoms with van der Waals surface area (Å²) in [5.41, 5.74) is 0. The molecular weight excluding hydrogens is 209 g/mol. The first-order valence-electron chi connectivity index (χ1n) is 4.95. The van der Waals surface area contributed by atoms with E-state index in [1.807, 2.05) is 0 Å². The Hall–Kier alpha value is -0.740. The zero-order valence-corrected chi connectivity index (χ0v) is 9.39. The predicted octanol–water partition coefficient (Wildman–Crippen LogP) is 3.02. The van der Waals surface area contributed by atoms with Crippen LogP contribution in [0.3, 0.4) is 0 Å². The Morgan fingerprint density at radius 1 is 1.27 bits per heavy atom. The normalized spacial score (nSPS) is 16.3. The summed E-state index contributed by atoms with van der Waals surface area (Å²) in [6.07, 6.45) is -4.36. The first-order valence-corrected chi connectivity index (χ1v) is 4.95. The lowest BCUT2D eigenvalue weighted by atomic mass is 9.84. The van der Waals surface area contributed by atoms with Crippen LogP contribution in [0.1, 0.15) is 27.7 Å². The lowest BCUT2D eigenvalue weighted by Gasteiger charge is -2.28. The molecule has 0 bridgehead atoms. The molecule has 0 heterocycles. The maximum Gasteiger partial charge on any atom is 0.392 e. The van der Waals surface area contributed by atoms with E-state index in [0.717, 1.165) is 0 Å². The van der Waals surface area contributed by atoms with Crippen molar-refractivity contribution in [2.24, 2.45) is 17.8 Å². The van der Waals surface area contributed by atoms with Gasteiger partial charge in [0.15, 0.2) is 0 Å². The van der Waals surface area contributed by atoms with Gasteiger partial charge in [-0.2, -0.15) is 13.2 Å². The molecule has 2 nitrogen and oxygen atoms in total. The van der Waals surface area contributed by atoms with Crippen LogP contribution in [-0.4, -0.2) is 18.8 Å². The molecule has 15 heavy (non-hydrogen) atoms. The highest BCUT2D eigenvalue weighted by Gasteiger charge is 2.47. The maximum atomic E-state index is 12.6. The van der Waals surface area contributed by atoms with Crippen LogP contribution in [0.2, 0.25) is 0 Å². The highest BCUT2D eigenvalue weighted by molar-refractivity contribution is 5.72. The quantitative estimate of drug-likeness (QED) is 0.689. The summed E-state index contributed by atoms with van der Waals surface area (Å²) in [5.74, 6) is -4.21. The summed E-state index contributed by atoms with van der Waals surface area (Å²) < 4.78 is 42.4. The summed E-state index contributed by atoms with van der Waals surface area (Å²) >= 11 is 0. The van der Waals surface area contributed by atoms with Gasteiger partial charge in [-0.1, -0.05) is 20.8 Å². The van der Waals surface area contributed by atoms with Gasteiger partial charge in [0.1, 0.15) is 0 Å². The molecule has 0 aliphatic heterocycles. The zero-order valence-electron chi connectivity index (χ0n) is 9.39. The topological polar surface area (TPSA) is 26.3 Å². The molecule has 0 aromatic heterocycles. The molecule has 0 aromatic rings. The van der Waals surface area contributed by atoms with Crippen molar-refractivity contribution in [2.75, 3.05) is 6.61 Å². The third kappa shape index (κ3) is 4.10. The molecule has 0 aliphatic rings. The Labute approximate surface area is 87.8 Å². The number of carbonyl (C=O) groups excluding carboxylic acids is 1. The second-order valence-corrected chi connectivity index (χ2v) is 3.85. The fourth-order valence-electron chi connectivity index (χ4n) is 1.66. The smallest absolute Gasteiger partial charge is 0.392 e. The average molecular weight is 226 g/mol. The van der Waals surface area contributed by atoms with Crippen molar-refractivity contribution in [3.05, 3.63) is 0 Å². The fraction of sp³-hybridized carbons (Fsp3) is 0.900. The standard InChI is InChI=1S/C10H17F3O2/c1-5-15-9(14)7(4)8(6(2)3)10(11,12)13/h6-8H,5H2,1-4H3/t7-,8+/m0/s1. The van der Waals surface area contributed by atoms with Crippen molar-refractivity contribution >= 4 is 5.97 Å². The third-order valence-electron chi connectivity index (χ3n) is 2.29. The van der Waals surface area contributed by atoms with Crippen LogP contribution in [0.4, 0.5) is 13.2 Å². The highest BCUT2D eigenvalue weighted by Crippen LogP contribution is 2.37.